The fraction of sp³-hybridized carbons (Fsp3) is 0.353. The Hall–Kier alpha value is -1.81. The maximum atomic E-state index is 12.0. The Morgan fingerprint density at radius 1 is 1.24 bits per heavy atom. The van der Waals surface area contributed by atoms with Crippen LogP contribution in [-0.4, -0.2) is 11.7 Å². The molecule has 3 nitrogen and oxygen atoms in total. The van der Waals surface area contributed by atoms with E-state index >= 15 is 0 Å². The van der Waals surface area contributed by atoms with Gasteiger partial charge in [0, 0.05) is 15.8 Å². The predicted octanol–water partition coefficient (Wildman–Crippen LogP) is 4.86. The van der Waals surface area contributed by atoms with Crippen molar-refractivity contribution in [1.82, 2.24) is 0 Å². The molecule has 0 saturated carbocycles. The van der Waals surface area contributed by atoms with Crippen LogP contribution in [0.2, 0.25) is 0 Å². The molecule has 3 rings (SSSR count). The molecule has 4 heteroatoms. The normalized spacial score (nSPS) is 13.3. The number of fused-ring (bicyclic) bond motifs is 3. The second kappa shape index (κ2) is 5.19. The van der Waals surface area contributed by atoms with Gasteiger partial charge < -0.3 is 4.74 Å². The van der Waals surface area contributed by atoms with Crippen LogP contribution in [0.25, 0.3) is 11.1 Å². The number of hydrogen-bond donors (Lipinski definition) is 1. The summed E-state index contributed by atoms with van der Waals surface area (Å²) in [7, 11) is 0. The lowest BCUT2D eigenvalue weighted by Gasteiger charge is -2.21. The number of carbonyl (C=O) groups excluding carboxylic acids is 1. The number of nitrogens with one attached hydrogen (secondary N) is 1. The van der Waals surface area contributed by atoms with E-state index in [1.807, 2.05) is 32.2 Å². The van der Waals surface area contributed by atoms with Gasteiger partial charge in [0.15, 0.2) is 0 Å². The molecule has 0 aliphatic heterocycles. The van der Waals surface area contributed by atoms with Gasteiger partial charge in [-0.25, -0.2) is 4.79 Å². The quantitative estimate of drug-likeness (QED) is 0.816. The zero-order chi connectivity index (χ0) is 15.0. The first-order chi connectivity index (χ1) is 9.94. The van der Waals surface area contributed by atoms with E-state index in [0.29, 0.717) is 0 Å². The van der Waals surface area contributed by atoms with Crippen molar-refractivity contribution in [2.24, 2.45) is 0 Å². The minimum absolute atomic E-state index is 0.397. The number of thiophene rings is 1. The number of ether oxygens (including phenoxy) is 1. The molecule has 2 aromatic rings. The molecular weight excluding hydrogens is 282 g/mol. The van der Waals surface area contributed by atoms with Crippen molar-refractivity contribution in [1.29, 1.82) is 0 Å². The van der Waals surface area contributed by atoms with Crippen molar-refractivity contribution in [2.75, 3.05) is 5.32 Å². The van der Waals surface area contributed by atoms with Gasteiger partial charge in [-0.05, 0) is 44.7 Å². The smallest absolute Gasteiger partial charge is 0.412 e. The van der Waals surface area contributed by atoms with Gasteiger partial charge in [-0.3, -0.25) is 5.32 Å². The van der Waals surface area contributed by atoms with Crippen molar-refractivity contribution in [3.63, 3.8) is 0 Å². The Morgan fingerprint density at radius 2 is 2.00 bits per heavy atom. The highest BCUT2D eigenvalue weighted by atomic mass is 32.1. The fourth-order valence-corrected chi connectivity index (χ4v) is 3.61. The second-order valence-electron chi connectivity index (χ2n) is 6.23. The molecule has 0 fully saturated rings. The average molecular weight is 301 g/mol. The highest BCUT2D eigenvalue weighted by Crippen LogP contribution is 2.42. The summed E-state index contributed by atoms with van der Waals surface area (Å²) in [5.74, 6) is 0. The Balaban J connectivity index is 1.91. The number of hydrogen-bond acceptors (Lipinski definition) is 3. The topological polar surface area (TPSA) is 38.3 Å². The SMILES string of the molecule is CC(C)(C)OC(=O)Nc1csc2c1-c1ccccc1CC2. The molecule has 0 spiro atoms. The molecule has 1 N–H and O–H groups in total. The number of carbonyl (C=O) groups is 1. The number of benzene rings is 1. The zero-order valence-corrected chi connectivity index (χ0v) is 13.3. The van der Waals surface area contributed by atoms with Crippen LogP contribution in [-0.2, 0) is 17.6 Å². The van der Waals surface area contributed by atoms with Crippen molar-refractivity contribution in [3.8, 4) is 11.1 Å². The summed E-state index contributed by atoms with van der Waals surface area (Å²) < 4.78 is 5.34. The number of anilines is 1. The van der Waals surface area contributed by atoms with Crippen molar-refractivity contribution in [2.45, 2.75) is 39.2 Å². The lowest BCUT2D eigenvalue weighted by Crippen LogP contribution is -2.27. The van der Waals surface area contributed by atoms with E-state index in [9.17, 15) is 4.79 Å². The van der Waals surface area contributed by atoms with Gasteiger partial charge >= 0.3 is 6.09 Å². The molecular formula is C17H19NO2S. The van der Waals surface area contributed by atoms with Crippen LogP contribution in [0.3, 0.4) is 0 Å². The van der Waals surface area contributed by atoms with Gasteiger partial charge in [-0.15, -0.1) is 11.3 Å². The Morgan fingerprint density at radius 3 is 2.76 bits per heavy atom. The molecule has 1 aromatic carbocycles. The van der Waals surface area contributed by atoms with Crippen LogP contribution < -0.4 is 5.32 Å². The summed E-state index contributed by atoms with van der Waals surface area (Å²) >= 11 is 1.71. The molecule has 0 unspecified atom stereocenters. The Kier molecular flexibility index (Phi) is 3.49. The van der Waals surface area contributed by atoms with Crippen molar-refractivity contribution >= 4 is 23.1 Å². The number of amides is 1. The fourth-order valence-electron chi connectivity index (χ4n) is 2.61. The van der Waals surface area contributed by atoms with E-state index in [4.69, 9.17) is 4.74 Å². The Labute approximate surface area is 129 Å². The lowest BCUT2D eigenvalue weighted by atomic mass is 9.90. The monoisotopic (exact) mass is 301 g/mol. The lowest BCUT2D eigenvalue weighted by molar-refractivity contribution is 0.0636. The number of rotatable bonds is 1. The third-order valence-electron chi connectivity index (χ3n) is 3.41. The first-order valence-electron chi connectivity index (χ1n) is 7.13. The molecule has 0 saturated heterocycles. The van der Waals surface area contributed by atoms with Crippen molar-refractivity contribution < 1.29 is 9.53 Å². The summed E-state index contributed by atoms with van der Waals surface area (Å²) in [4.78, 5) is 13.3. The molecule has 21 heavy (non-hydrogen) atoms. The molecule has 110 valence electrons. The first-order valence-corrected chi connectivity index (χ1v) is 8.00. The maximum absolute atomic E-state index is 12.0. The van der Waals surface area contributed by atoms with Gasteiger partial charge in [0.25, 0.3) is 0 Å². The van der Waals surface area contributed by atoms with Crippen LogP contribution in [0.15, 0.2) is 29.6 Å². The summed E-state index contributed by atoms with van der Waals surface area (Å²) in [6.07, 6.45) is 1.70. The highest BCUT2D eigenvalue weighted by Gasteiger charge is 2.23. The maximum Gasteiger partial charge on any atom is 0.412 e. The molecule has 0 atom stereocenters. The summed E-state index contributed by atoms with van der Waals surface area (Å²) in [5, 5.41) is 4.91. The minimum atomic E-state index is -0.488. The zero-order valence-electron chi connectivity index (χ0n) is 12.5. The van der Waals surface area contributed by atoms with E-state index in [2.05, 4.69) is 23.5 Å². The van der Waals surface area contributed by atoms with Gasteiger partial charge in [-0.2, -0.15) is 0 Å². The van der Waals surface area contributed by atoms with Crippen molar-refractivity contribution in [3.05, 3.63) is 40.1 Å². The summed E-state index contributed by atoms with van der Waals surface area (Å²) in [6.45, 7) is 5.60. The highest BCUT2D eigenvalue weighted by molar-refractivity contribution is 7.11. The minimum Gasteiger partial charge on any atom is -0.444 e. The third-order valence-corrected chi connectivity index (χ3v) is 4.46. The largest absolute Gasteiger partial charge is 0.444 e. The standard InChI is InChI=1S/C17H19NO2S/c1-17(2,3)20-16(19)18-13-10-21-14-9-8-11-6-4-5-7-12(11)15(13)14/h4-7,10H,8-9H2,1-3H3,(H,18,19). The van der Waals surface area contributed by atoms with Crippen LogP contribution in [0.1, 0.15) is 31.2 Å². The molecule has 1 aliphatic rings. The molecule has 1 amide bonds. The third kappa shape index (κ3) is 2.95. The molecule has 1 heterocycles. The first kappa shape index (κ1) is 14.1. The van der Waals surface area contributed by atoms with Gasteiger partial charge in [0.2, 0.25) is 0 Å². The van der Waals surface area contributed by atoms with Gasteiger partial charge in [0.05, 0.1) is 5.69 Å². The Bertz CT molecular complexity index is 682. The van der Waals surface area contributed by atoms with Gasteiger partial charge in [-0.1, -0.05) is 24.3 Å². The molecule has 0 bridgehead atoms. The molecule has 1 aliphatic carbocycles. The number of aryl methyl sites for hydroxylation is 2. The molecule has 1 aromatic heterocycles. The second-order valence-corrected chi connectivity index (χ2v) is 7.20. The van der Waals surface area contributed by atoms with E-state index in [-0.39, 0.29) is 0 Å². The average Bonchev–Trinajstić information content (AvgIpc) is 2.80. The van der Waals surface area contributed by atoms with Crippen LogP contribution >= 0.6 is 11.3 Å². The van der Waals surface area contributed by atoms with Crippen LogP contribution in [0.5, 0.6) is 0 Å². The van der Waals surface area contributed by atoms with E-state index in [1.165, 1.54) is 16.0 Å². The van der Waals surface area contributed by atoms with Crippen LogP contribution in [0, 0.1) is 0 Å². The summed E-state index contributed by atoms with van der Waals surface area (Å²) in [6, 6.07) is 8.40. The van der Waals surface area contributed by atoms with E-state index in [1.54, 1.807) is 11.3 Å². The van der Waals surface area contributed by atoms with Gasteiger partial charge in [0.1, 0.15) is 5.60 Å². The predicted molar refractivity (Wildman–Crippen MR) is 87.0 cm³/mol. The molecule has 0 radical (unpaired) electrons. The van der Waals surface area contributed by atoms with Crippen LogP contribution in [0.4, 0.5) is 10.5 Å². The van der Waals surface area contributed by atoms with E-state index < -0.39 is 11.7 Å². The summed E-state index contributed by atoms with van der Waals surface area (Å²) in [5.41, 5.74) is 4.10. The van der Waals surface area contributed by atoms with E-state index in [0.717, 1.165) is 24.1 Å².